The third-order valence-electron chi connectivity index (χ3n) is 0.828. The summed E-state index contributed by atoms with van der Waals surface area (Å²) in [7, 11) is 0. The molecule has 1 nitrogen and oxygen atoms in total. The molecule has 11 heavy (non-hydrogen) atoms. The molecule has 0 aliphatic rings. The van der Waals surface area contributed by atoms with E-state index in [1.165, 1.54) is 0 Å². The van der Waals surface area contributed by atoms with Gasteiger partial charge in [0.15, 0.2) is 10.2 Å². The Hall–Kier alpha value is 0.440. The zero-order valence-electron chi connectivity index (χ0n) is 4.75. The minimum Gasteiger partial charge on any atom is -0.219 e. The Bertz CT molecular complexity index is 271. The lowest BCUT2D eigenvalue weighted by molar-refractivity contribution is -0.141. The van der Waals surface area contributed by atoms with E-state index in [0.717, 1.165) is 11.3 Å². The number of halogens is 5. The number of alkyl halides is 3. The molecule has 1 rings (SSSR count). The molecule has 0 aromatic carbocycles. The summed E-state index contributed by atoms with van der Waals surface area (Å²) in [6.45, 7) is 0. The highest BCUT2D eigenvalue weighted by molar-refractivity contribution is 14.1. The summed E-state index contributed by atoms with van der Waals surface area (Å²) in [6.07, 6.45) is -4.39. The van der Waals surface area contributed by atoms with Crippen LogP contribution in [0.2, 0.25) is 4.47 Å². The molecule has 0 aliphatic heterocycles. The van der Waals surface area contributed by atoms with Crippen molar-refractivity contribution >= 4 is 45.5 Å². The van der Waals surface area contributed by atoms with Crippen molar-refractivity contribution in [3.8, 4) is 0 Å². The van der Waals surface area contributed by atoms with Crippen molar-refractivity contribution in [2.45, 2.75) is 6.18 Å². The zero-order valence-corrected chi connectivity index (χ0v) is 8.48. The maximum atomic E-state index is 11.9. The van der Waals surface area contributed by atoms with Gasteiger partial charge in [0.1, 0.15) is 0 Å². The minimum atomic E-state index is -4.39. The predicted octanol–water partition coefficient (Wildman–Crippen LogP) is 3.42. The molecule has 0 atom stereocenters. The second-order valence-corrected chi connectivity index (χ2v) is 4.98. The quantitative estimate of drug-likeness (QED) is 0.669. The van der Waals surface area contributed by atoms with Crippen molar-refractivity contribution in [2.75, 3.05) is 0 Å². The van der Waals surface area contributed by atoms with Crippen LogP contribution >= 0.6 is 45.5 Å². The summed E-state index contributed by atoms with van der Waals surface area (Å²) >= 11 is 7.65. The van der Waals surface area contributed by atoms with Crippen LogP contribution in [0.4, 0.5) is 13.2 Å². The van der Waals surface area contributed by atoms with Crippen molar-refractivity contribution in [1.82, 2.24) is 4.98 Å². The highest BCUT2D eigenvalue weighted by Crippen LogP contribution is 2.36. The van der Waals surface area contributed by atoms with Gasteiger partial charge in [0, 0.05) is 0 Å². The van der Waals surface area contributed by atoms with Gasteiger partial charge in [-0.2, -0.15) is 13.2 Å². The van der Waals surface area contributed by atoms with E-state index >= 15 is 0 Å². The number of hydrogen-bond donors (Lipinski definition) is 0. The van der Waals surface area contributed by atoms with Crippen LogP contribution in [0.25, 0.3) is 0 Å². The lowest BCUT2D eigenvalue weighted by atomic mass is 10.5. The molecular formula is C4ClF3INS. The number of thiazole rings is 1. The lowest BCUT2D eigenvalue weighted by Crippen LogP contribution is -2.06. The normalized spacial score (nSPS) is 12.1. The topological polar surface area (TPSA) is 12.9 Å². The first kappa shape index (κ1) is 9.53. The molecule has 0 radical (unpaired) electrons. The summed E-state index contributed by atoms with van der Waals surface area (Å²) in [5.74, 6) is 0. The molecule has 0 spiro atoms. The van der Waals surface area contributed by atoms with Gasteiger partial charge in [-0.15, -0.1) is 0 Å². The zero-order chi connectivity index (χ0) is 8.65. The summed E-state index contributed by atoms with van der Waals surface area (Å²) in [6, 6.07) is 0. The standard InChI is InChI=1S/C4ClF3INS/c5-3-10-1(2(9)11-3)4(6,7)8. The minimum absolute atomic E-state index is 0.0695. The van der Waals surface area contributed by atoms with Crippen LogP contribution in [0.15, 0.2) is 0 Å². The smallest absolute Gasteiger partial charge is 0.219 e. The second-order valence-electron chi connectivity index (χ2n) is 1.59. The van der Waals surface area contributed by atoms with Crippen LogP contribution in [0.3, 0.4) is 0 Å². The van der Waals surface area contributed by atoms with Crippen LogP contribution in [0.5, 0.6) is 0 Å². The van der Waals surface area contributed by atoms with Crippen molar-refractivity contribution in [3.63, 3.8) is 0 Å². The maximum absolute atomic E-state index is 11.9. The Morgan fingerprint density at radius 2 is 2.00 bits per heavy atom. The Morgan fingerprint density at radius 1 is 1.45 bits per heavy atom. The third-order valence-corrected chi connectivity index (χ3v) is 2.95. The van der Waals surface area contributed by atoms with Crippen LogP contribution in [-0.4, -0.2) is 4.98 Å². The maximum Gasteiger partial charge on any atom is 0.435 e. The van der Waals surface area contributed by atoms with Crippen molar-refractivity contribution in [1.29, 1.82) is 0 Å². The SMILES string of the molecule is FC(F)(F)c1nc(Cl)sc1I. The average Bonchev–Trinajstić information content (AvgIpc) is 2.08. The fraction of sp³-hybridized carbons (Fsp3) is 0.250. The van der Waals surface area contributed by atoms with Gasteiger partial charge in [-0.25, -0.2) is 4.98 Å². The molecule has 62 valence electrons. The van der Waals surface area contributed by atoms with Gasteiger partial charge in [0.2, 0.25) is 0 Å². The molecule has 1 heterocycles. The summed E-state index contributed by atoms with van der Waals surface area (Å²) in [5.41, 5.74) is -0.895. The molecule has 0 saturated heterocycles. The Balaban J connectivity index is 3.13. The Morgan fingerprint density at radius 3 is 2.18 bits per heavy atom. The largest absolute Gasteiger partial charge is 0.435 e. The molecule has 0 N–H and O–H groups in total. The molecule has 0 aliphatic carbocycles. The third kappa shape index (κ3) is 2.19. The van der Waals surface area contributed by atoms with Gasteiger partial charge in [-0.05, 0) is 22.6 Å². The highest BCUT2D eigenvalue weighted by atomic mass is 127. The van der Waals surface area contributed by atoms with E-state index in [2.05, 4.69) is 4.98 Å². The first-order valence-corrected chi connectivity index (χ1v) is 4.57. The van der Waals surface area contributed by atoms with Gasteiger partial charge in [0.05, 0.1) is 2.88 Å². The fourth-order valence-electron chi connectivity index (χ4n) is 0.452. The molecule has 1 aromatic rings. The van der Waals surface area contributed by atoms with Crippen molar-refractivity contribution in [2.24, 2.45) is 0 Å². The predicted molar refractivity (Wildman–Crippen MR) is 44.8 cm³/mol. The molecule has 0 bridgehead atoms. The molecule has 1 aromatic heterocycles. The van der Waals surface area contributed by atoms with E-state index in [9.17, 15) is 13.2 Å². The van der Waals surface area contributed by atoms with E-state index in [4.69, 9.17) is 11.6 Å². The molecule has 7 heteroatoms. The van der Waals surface area contributed by atoms with Gasteiger partial charge in [0.25, 0.3) is 0 Å². The molecule has 0 unspecified atom stereocenters. The first-order valence-electron chi connectivity index (χ1n) is 2.30. The monoisotopic (exact) mass is 313 g/mol. The van der Waals surface area contributed by atoms with Crippen molar-refractivity contribution in [3.05, 3.63) is 13.0 Å². The number of hydrogen-bond acceptors (Lipinski definition) is 2. The second kappa shape index (κ2) is 3.06. The molecule has 0 amide bonds. The lowest BCUT2D eigenvalue weighted by Gasteiger charge is -2.00. The van der Waals surface area contributed by atoms with Crippen LogP contribution in [0.1, 0.15) is 5.69 Å². The van der Waals surface area contributed by atoms with E-state index < -0.39 is 11.9 Å². The molecule has 0 fully saturated rings. The first-order chi connectivity index (χ1) is 4.91. The summed E-state index contributed by atoms with van der Waals surface area (Å²) in [5, 5.41) is 0. The van der Waals surface area contributed by atoms with Gasteiger partial charge >= 0.3 is 6.18 Å². The summed E-state index contributed by atoms with van der Waals surface area (Å²) < 4.78 is 35.8. The van der Waals surface area contributed by atoms with Gasteiger partial charge < -0.3 is 0 Å². The van der Waals surface area contributed by atoms with E-state index in [1.807, 2.05) is 0 Å². The van der Waals surface area contributed by atoms with Gasteiger partial charge in [-0.1, -0.05) is 22.9 Å². The van der Waals surface area contributed by atoms with E-state index in [0.29, 0.717) is 0 Å². The van der Waals surface area contributed by atoms with Gasteiger partial charge in [-0.3, -0.25) is 0 Å². The van der Waals surface area contributed by atoms with Crippen LogP contribution in [-0.2, 0) is 6.18 Å². The van der Waals surface area contributed by atoms with Crippen LogP contribution in [0, 0.1) is 2.88 Å². The fourth-order valence-corrected chi connectivity index (χ4v) is 2.75. The Labute approximate surface area is 82.7 Å². The van der Waals surface area contributed by atoms with E-state index in [1.54, 1.807) is 22.6 Å². The van der Waals surface area contributed by atoms with Crippen molar-refractivity contribution < 1.29 is 13.2 Å². The Kier molecular flexibility index (Phi) is 2.65. The highest BCUT2D eigenvalue weighted by Gasteiger charge is 2.36. The average molecular weight is 313 g/mol. The number of aromatic nitrogens is 1. The number of rotatable bonds is 0. The van der Waals surface area contributed by atoms with Crippen LogP contribution < -0.4 is 0 Å². The summed E-state index contributed by atoms with van der Waals surface area (Å²) in [4.78, 5) is 3.13. The molecular weight excluding hydrogens is 313 g/mol. The molecule has 0 saturated carbocycles. The number of nitrogens with zero attached hydrogens (tertiary/aromatic N) is 1. The van der Waals surface area contributed by atoms with E-state index in [-0.39, 0.29) is 7.35 Å².